The molecule has 1 aliphatic rings. The standard InChI is InChI=1S/C23H28ClN3O5S/c1-15-11-16(2)21(17(3)12-15)33(30,31)27-9-6-10-32-20(27)14-26-23(29)22(28)25-13-18-7-4-5-8-19(18)24/h4-5,7-8,11-12,20H,6,9-10,13-14H2,1-3H3,(H,25,28)(H,26,29)/t20-/m1/s1. The Morgan fingerprint density at radius 3 is 2.39 bits per heavy atom. The van der Waals surface area contributed by atoms with Crippen LogP contribution in [0.3, 0.4) is 0 Å². The Bertz CT molecular complexity index is 1130. The van der Waals surface area contributed by atoms with Gasteiger partial charge in [-0.1, -0.05) is 47.5 Å². The Morgan fingerprint density at radius 1 is 1.09 bits per heavy atom. The number of hydrogen-bond acceptors (Lipinski definition) is 5. The first kappa shape index (κ1) is 25.2. The summed E-state index contributed by atoms with van der Waals surface area (Å²) < 4.78 is 33.8. The number of nitrogens with one attached hydrogen (secondary N) is 2. The van der Waals surface area contributed by atoms with E-state index in [9.17, 15) is 18.0 Å². The van der Waals surface area contributed by atoms with Gasteiger partial charge in [0.05, 0.1) is 18.0 Å². The predicted octanol–water partition coefficient (Wildman–Crippen LogP) is 2.43. The predicted molar refractivity (Wildman–Crippen MR) is 125 cm³/mol. The lowest BCUT2D eigenvalue weighted by Gasteiger charge is -2.35. The lowest BCUT2D eigenvalue weighted by Crippen LogP contribution is -2.53. The Morgan fingerprint density at radius 2 is 1.73 bits per heavy atom. The summed E-state index contributed by atoms with van der Waals surface area (Å²) in [6.45, 7) is 6.00. The number of ether oxygens (including phenoxy) is 1. The summed E-state index contributed by atoms with van der Waals surface area (Å²) in [5, 5.41) is 5.47. The van der Waals surface area contributed by atoms with Crippen LogP contribution in [0.1, 0.15) is 28.7 Å². The largest absolute Gasteiger partial charge is 0.360 e. The van der Waals surface area contributed by atoms with Gasteiger partial charge in [-0.2, -0.15) is 4.31 Å². The van der Waals surface area contributed by atoms with Crippen LogP contribution in [0.2, 0.25) is 5.02 Å². The number of amides is 2. The third kappa shape index (κ3) is 5.92. The van der Waals surface area contributed by atoms with E-state index in [1.807, 2.05) is 19.1 Å². The van der Waals surface area contributed by atoms with Gasteiger partial charge < -0.3 is 15.4 Å². The minimum Gasteiger partial charge on any atom is -0.360 e. The third-order valence-electron chi connectivity index (χ3n) is 5.37. The summed E-state index contributed by atoms with van der Waals surface area (Å²) in [4.78, 5) is 24.7. The van der Waals surface area contributed by atoms with Gasteiger partial charge >= 0.3 is 11.8 Å². The molecule has 2 aromatic rings. The topological polar surface area (TPSA) is 105 Å². The van der Waals surface area contributed by atoms with Gasteiger partial charge in [0.2, 0.25) is 10.0 Å². The second-order valence-electron chi connectivity index (χ2n) is 8.01. The maximum Gasteiger partial charge on any atom is 0.309 e. The lowest BCUT2D eigenvalue weighted by atomic mass is 10.1. The third-order valence-corrected chi connectivity index (χ3v) is 7.93. The molecule has 1 saturated heterocycles. The van der Waals surface area contributed by atoms with E-state index in [1.165, 1.54) is 4.31 Å². The van der Waals surface area contributed by atoms with Crippen molar-refractivity contribution in [2.45, 2.75) is 44.9 Å². The molecular formula is C23H28ClN3O5S. The van der Waals surface area contributed by atoms with Crippen LogP contribution in [-0.4, -0.2) is 50.5 Å². The number of rotatable bonds is 6. The highest BCUT2D eigenvalue weighted by Gasteiger charge is 2.36. The molecule has 178 valence electrons. The van der Waals surface area contributed by atoms with Crippen LogP contribution in [0.15, 0.2) is 41.3 Å². The van der Waals surface area contributed by atoms with Crippen molar-refractivity contribution in [2.24, 2.45) is 0 Å². The molecule has 2 N–H and O–H groups in total. The highest BCUT2D eigenvalue weighted by atomic mass is 35.5. The number of carbonyl (C=O) groups is 2. The number of halogens is 1. The summed E-state index contributed by atoms with van der Waals surface area (Å²) in [7, 11) is -3.87. The summed E-state index contributed by atoms with van der Waals surface area (Å²) in [6, 6.07) is 10.6. The van der Waals surface area contributed by atoms with Crippen LogP contribution in [0.4, 0.5) is 0 Å². The summed E-state index contributed by atoms with van der Waals surface area (Å²) >= 11 is 6.06. The fraction of sp³-hybridized carbons (Fsp3) is 0.391. The van der Waals surface area contributed by atoms with E-state index in [-0.39, 0.29) is 24.5 Å². The van der Waals surface area contributed by atoms with Crippen LogP contribution in [-0.2, 0) is 30.9 Å². The van der Waals surface area contributed by atoms with Gasteiger partial charge in [0.1, 0.15) is 6.23 Å². The maximum atomic E-state index is 13.5. The van der Waals surface area contributed by atoms with Crippen LogP contribution in [0.25, 0.3) is 0 Å². The number of aryl methyl sites for hydroxylation is 3. The highest BCUT2D eigenvalue weighted by Crippen LogP contribution is 2.28. The Labute approximate surface area is 199 Å². The van der Waals surface area contributed by atoms with E-state index in [2.05, 4.69) is 10.6 Å². The van der Waals surface area contributed by atoms with Crippen molar-refractivity contribution >= 4 is 33.4 Å². The first-order valence-electron chi connectivity index (χ1n) is 10.6. The van der Waals surface area contributed by atoms with Crippen molar-refractivity contribution in [3.63, 3.8) is 0 Å². The Balaban J connectivity index is 1.66. The van der Waals surface area contributed by atoms with Gasteiger partial charge in [-0.05, 0) is 49.9 Å². The summed E-state index contributed by atoms with van der Waals surface area (Å²) in [5.74, 6) is -1.72. The van der Waals surface area contributed by atoms with E-state index in [4.69, 9.17) is 16.3 Å². The fourth-order valence-electron chi connectivity index (χ4n) is 3.95. The highest BCUT2D eigenvalue weighted by molar-refractivity contribution is 7.89. The molecule has 0 unspecified atom stereocenters. The smallest absolute Gasteiger partial charge is 0.309 e. The number of benzene rings is 2. The summed E-state index contributed by atoms with van der Waals surface area (Å²) in [5.41, 5.74) is 2.96. The van der Waals surface area contributed by atoms with Crippen LogP contribution in [0, 0.1) is 20.8 Å². The van der Waals surface area contributed by atoms with Crippen molar-refractivity contribution in [1.82, 2.24) is 14.9 Å². The Hall–Kier alpha value is -2.46. The van der Waals surface area contributed by atoms with Crippen LogP contribution >= 0.6 is 11.6 Å². The zero-order chi connectivity index (χ0) is 24.2. The minimum absolute atomic E-state index is 0.0956. The maximum absolute atomic E-state index is 13.5. The van der Waals surface area contributed by atoms with Crippen molar-refractivity contribution in [1.29, 1.82) is 0 Å². The normalized spacial score (nSPS) is 16.9. The van der Waals surface area contributed by atoms with Crippen molar-refractivity contribution < 1.29 is 22.7 Å². The number of hydrogen-bond donors (Lipinski definition) is 2. The monoisotopic (exact) mass is 493 g/mol. The second kappa shape index (κ2) is 10.6. The fourth-order valence-corrected chi connectivity index (χ4v) is 6.13. The molecule has 0 aliphatic carbocycles. The molecule has 0 bridgehead atoms. The van der Waals surface area contributed by atoms with Gasteiger partial charge in [-0.15, -0.1) is 0 Å². The average molecular weight is 494 g/mol. The number of sulfonamides is 1. The van der Waals surface area contributed by atoms with E-state index >= 15 is 0 Å². The number of carbonyl (C=O) groups excluding carboxylic acids is 2. The molecule has 0 spiro atoms. The van der Waals surface area contributed by atoms with E-state index in [0.717, 1.165) is 5.56 Å². The first-order valence-corrected chi connectivity index (χ1v) is 12.4. The van der Waals surface area contributed by atoms with E-state index in [1.54, 1.807) is 38.1 Å². The van der Waals surface area contributed by atoms with Gasteiger partial charge in [0.25, 0.3) is 0 Å². The molecule has 1 atom stereocenters. The molecule has 8 nitrogen and oxygen atoms in total. The van der Waals surface area contributed by atoms with Crippen molar-refractivity contribution in [2.75, 3.05) is 19.7 Å². The minimum atomic E-state index is -3.87. The average Bonchev–Trinajstić information content (AvgIpc) is 2.76. The van der Waals surface area contributed by atoms with Crippen molar-refractivity contribution in [3.8, 4) is 0 Å². The molecule has 3 rings (SSSR count). The van der Waals surface area contributed by atoms with E-state index < -0.39 is 28.1 Å². The molecule has 33 heavy (non-hydrogen) atoms. The van der Waals surface area contributed by atoms with Crippen LogP contribution < -0.4 is 10.6 Å². The molecule has 2 amide bonds. The SMILES string of the molecule is Cc1cc(C)c(S(=O)(=O)N2CCCO[C@@H]2CNC(=O)C(=O)NCc2ccccc2Cl)c(C)c1. The molecule has 0 saturated carbocycles. The molecular weight excluding hydrogens is 466 g/mol. The zero-order valence-corrected chi connectivity index (χ0v) is 20.4. The van der Waals surface area contributed by atoms with Gasteiger partial charge in [0.15, 0.2) is 0 Å². The molecule has 1 aliphatic heterocycles. The summed E-state index contributed by atoms with van der Waals surface area (Å²) in [6.07, 6.45) is -0.379. The van der Waals surface area contributed by atoms with Gasteiger partial charge in [-0.3, -0.25) is 9.59 Å². The van der Waals surface area contributed by atoms with Crippen molar-refractivity contribution in [3.05, 3.63) is 63.7 Å². The molecule has 10 heteroatoms. The molecule has 0 aromatic heterocycles. The first-order chi connectivity index (χ1) is 15.6. The van der Waals surface area contributed by atoms with Gasteiger partial charge in [-0.25, -0.2) is 8.42 Å². The molecule has 0 radical (unpaired) electrons. The lowest BCUT2D eigenvalue weighted by molar-refractivity contribution is -0.140. The quantitative estimate of drug-likeness (QED) is 0.601. The molecule has 1 fully saturated rings. The molecule has 2 aromatic carbocycles. The van der Waals surface area contributed by atoms with Gasteiger partial charge in [0, 0.05) is 18.1 Å². The molecule has 1 heterocycles. The zero-order valence-electron chi connectivity index (χ0n) is 18.9. The number of nitrogens with zero attached hydrogens (tertiary/aromatic N) is 1. The second-order valence-corrected chi connectivity index (χ2v) is 10.2. The van der Waals surface area contributed by atoms with Crippen LogP contribution in [0.5, 0.6) is 0 Å². The van der Waals surface area contributed by atoms with E-state index in [0.29, 0.717) is 34.7 Å². The Kier molecular flexibility index (Phi) is 8.12.